The Kier molecular flexibility index (Phi) is 60.1. The molecule has 9 nitrogen and oxygen atoms in total. The number of allylic oxidation sites excluding steroid dienone is 9. The van der Waals surface area contributed by atoms with E-state index in [0.717, 1.165) is 96.3 Å². The van der Waals surface area contributed by atoms with Crippen molar-refractivity contribution in [3.8, 4) is 0 Å². The monoisotopic (exact) mass is 1170 g/mol. The second-order valence-corrected chi connectivity index (χ2v) is 26.5. The van der Waals surface area contributed by atoms with E-state index in [4.69, 9.17) is 13.8 Å². The highest BCUT2D eigenvalue weighted by Crippen LogP contribution is 2.43. The van der Waals surface area contributed by atoms with Gasteiger partial charge in [-0.3, -0.25) is 18.6 Å². The summed E-state index contributed by atoms with van der Waals surface area (Å²) in [5, 5.41) is 3.07. The molecule has 3 unspecified atom stereocenters. The van der Waals surface area contributed by atoms with Gasteiger partial charge in [0.05, 0.1) is 33.8 Å². The summed E-state index contributed by atoms with van der Waals surface area (Å²) < 4.78 is 30.8. The van der Waals surface area contributed by atoms with Crippen molar-refractivity contribution < 1.29 is 37.3 Å². The highest BCUT2D eigenvalue weighted by molar-refractivity contribution is 7.47. The largest absolute Gasteiger partial charge is 0.472 e. The zero-order valence-electron chi connectivity index (χ0n) is 55.0. The third-order valence-corrected chi connectivity index (χ3v) is 16.7. The van der Waals surface area contributed by atoms with Crippen LogP contribution in [-0.2, 0) is 27.9 Å². The molecule has 0 aliphatic heterocycles. The van der Waals surface area contributed by atoms with E-state index < -0.39 is 20.0 Å². The number of nitrogens with zero attached hydrogens (tertiary/aromatic N) is 1. The summed E-state index contributed by atoms with van der Waals surface area (Å²) in [6, 6.07) is -0.856. The fraction of sp³-hybridized carbons (Fsp3) is 0.833. The number of likely N-dealkylation sites (N-methyl/N-ethyl adjacent to an activating group) is 1. The van der Waals surface area contributed by atoms with Crippen molar-refractivity contribution in [2.24, 2.45) is 0 Å². The number of phosphoric acid groups is 1. The molecule has 0 aromatic carbocycles. The molecule has 82 heavy (non-hydrogen) atoms. The first-order chi connectivity index (χ1) is 39.9. The second kappa shape index (κ2) is 61.8. The van der Waals surface area contributed by atoms with Crippen LogP contribution >= 0.6 is 7.82 Å². The van der Waals surface area contributed by atoms with Gasteiger partial charge in [0.1, 0.15) is 19.3 Å². The Hall–Kier alpha value is -2.29. The van der Waals surface area contributed by atoms with Crippen LogP contribution in [-0.4, -0.2) is 74.3 Å². The number of rotatable bonds is 64. The van der Waals surface area contributed by atoms with Gasteiger partial charge in [-0.25, -0.2) is 4.57 Å². The van der Waals surface area contributed by atoms with Crippen LogP contribution in [0.2, 0.25) is 0 Å². The lowest BCUT2D eigenvalue weighted by atomic mass is 10.0. The van der Waals surface area contributed by atoms with Gasteiger partial charge in [-0.2, -0.15) is 0 Å². The smallest absolute Gasteiger partial charge is 0.456 e. The molecule has 0 aromatic rings. The molecule has 10 heteroatoms. The van der Waals surface area contributed by atoms with Crippen molar-refractivity contribution in [3.63, 3.8) is 0 Å². The minimum absolute atomic E-state index is 0.0373. The summed E-state index contributed by atoms with van der Waals surface area (Å²) in [5.74, 6) is -0.513. The first kappa shape index (κ1) is 79.7. The zero-order chi connectivity index (χ0) is 60.0. The van der Waals surface area contributed by atoms with E-state index in [9.17, 15) is 19.0 Å². The number of carbonyl (C=O) groups excluding carboxylic acids is 2. The maximum absolute atomic E-state index is 13.6. The van der Waals surface area contributed by atoms with Gasteiger partial charge < -0.3 is 19.4 Å². The van der Waals surface area contributed by atoms with E-state index >= 15 is 0 Å². The van der Waals surface area contributed by atoms with E-state index in [1.165, 1.54) is 205 Å². The van der Waals surface area contributed by atoms with Crippen LogP contribution in [0.5, 0.6) is 0 Å². The molecule has 0 radical (unpaired) electrons. The van der Waals surface area contributed by atoms with Crippen molar-refractivity contribution in [2.45, 2.75) is 348 Å². The molecule has 0 saturated carbocycles. The molecule has 0 heterocycles. The van der Waals surface area contributed by atoms with Gasteiger partial charge in [0, 0.05) is 12.8 Å². The maximum atomic E-state index is 13.6. The lowest BCUT2D eigenvalue weighted by Crippen LogP contribution is -2.47. The predicted octanol–water partition coefficient (Wildman–Crippen LogP) is 22.2. The predicted molar refractivity (Wildman–Crippen MR) is 355 cm³/mol. The maximum Gasteiger partial charge on any atom is 0.472 e. The first-order valence-electron chi connectivity index (χ1n) is 35.1. The molecule has 2 N–H and O–H groups in total. The van der Waals surface area contributed by atoms with E-state index in [-0.39, 0.29) is 31.5 Å². The third-order valence-electron chi connectivity index (χ3n) is 15.7. The SMILES string of the molecule is CCCCC/C=C\C/C=C\C/C=C\C/C=C\CCCCCCCC(=O)OC(/C=C/CCCCCCCCCCCC)C(COP(=O)(O)OCC[N+](C)(C)C)NC(=O)CCCCCCCCCCCCCCCCCCCCCCCCC. The molecule has 0 aliphatic carbocycles. The number of unbranched alkanes of at least 4 members (excludes halogenated alkanes) is 40. The summed E-state index contributed by atoms with van der Waals surface area (Å²) in [7, 11) is 1.49. The number of amides is 1. The van der Waals surface area contributed by atoms with E-state index in [0.29, 0.717) is 17.4 Å². The van der Waals surface area contributed by atoms with Gasteiger partial charge in [0.2, 0.25) is 5.91 Å². The van der Waals surface area contributed by atoms with Gasteiger partial charge >= 0.3 is 13.8 Å². The Morgan fingerprint density at radius 2 is 0.744 bits per heavy atom. The Bertz CT molecular complexity index is 1590. The third kappa shape index (κ3) is 62.2. The van der Waals surface area contributed by atoms with Crippen molar-refractivity contribution in [1.82, 2.24) is 5.32 Å². The average Bonchev–Trinajstić information content (AvgIpc) is 3.44. The number of carbonyl (C=O) groups is 2. The molecule has 0 saturated heterocycles. The molecule has 1 amide bonds. The highest BCUT2D eigenvalue weighted by atomic mass is 31.2. The number of nitrogens with one attached hydrogen (secondary N) is 1. The van der Waals surface area contributed by atoms with Crippen LogP contribution in [0, 0.1) is 0 Å². The molecule has 0 aliphatic rings. The van der Waals surface area contributed by atoms with Crippen LogP contribution < -0.4 is 5.32 Å². The quantitative estimate of drug-likeness (QED) is 0.0205. The summed E-state index contributed by atoms with van der Waals surface area (Å²) in [4.78, 5) is 37.9. The molecule has 0 spiro atoms. The van der Waals surface area contributed by atoms with Crippen molar-refractivity contribution in [1.29, 1.82) is 0 Å². The molecule has 0 rings (SSSR count). The molecule has 3 atom stereocenters. The Morgan fingerprint density at radius 3 is 1.13 bits per heavy atom. The molecule has 0 fully saturated rings. The highest BCUT2D eigenvalue weighted by Gasteiger charge is 2.30. The molecule has 0 bridgehead atoms. The van der Waals surface area contributed by atoms with Crippen molar-refractivity contribution in [2.75, 3.05) is 40.9 Å². The van der Waals surface area contributed by atoms with Crippen LogP contribution in [0.4, 0.5) is 0 Å². The molecule has 0 aromatic heterocycles. The van der Waals surface area contributed by atoms with Gasteiger partial charge in [-0.15, -0.1) is 0 Å². The minimum Gasteiger partial charge on any atom is -0.456 e. The average molecular weight is 1170 g/mol. The molecular weight excluding hydrogens is 1040 g/mol. The van der Waals surface area contributed by atoms with E-state index in [1.54, 1.807) is 0 Å². The molecule has 480 valence electrons. The van der Waals surface area contributed by atoms with E-state index in [1.807, 2.05) is 33.3 Å². The summed E-state index contributed by atoms with van der Waals surface area (Å²) >= 11 is 0. The number of ether oxygens (including phenoxy) is 1. The lowest BCUT2D eigenvalue weighted by Gasteiger charge is -2.27. The normalized spacial score (nSPS) is 13.9. The Labute approximate surface area is 509 Å². The zero-order valence-corrected chi connectivity index (χ0v) is 55.9. The number of esters is 1. The number of phosphoric ester groups is 1. The Balaban J connectivity index is 5.12. The summed E-state index contributed by atoms with van der Waals surface area (Å²) in [6.45, 7) is 7.01. The Morgan fingerprint density at radius 1 is 0.427 bits per heavy atom. The van der Waals surface area contributed by atoms with Crippen molar-refractivity contribution >= 4 is 19.7 Å². The fourth-order valence-electron chi connectivity index (χ4n) is 10.3. The van der Waals surface area contributed by atoms with Gasteiger partial charge in [-0.1, -0.05) is 307 Å². The fourth-order valence-corrected chi connectivity index (χ4v) is 11.0. The second-order valence-electron chi connectivity index (χ2n) is 25.1. The van der Waals surface area contributed by atoms with Crippen LogP contribution in [0.3, 0.4) is 0 Å². The summed E-state index contributed by atoms with van der Waals surface area (Å²) in [5.41, 5.74) is 0. The minimum atomic E-state index is -4.46. The van der Waals surface area contributed by atoms with Gasteiger partial charge in [-0.05, 0) is 76.7 Å². The van der Waals surface area contributed by atoms with Gasteiger partial charge in [0.15, 0.2) is 0 Å². The topological polar surface area (TPSA) is 111 Å². The number of hydrogen-bond donors (Lipinski definition) is 2. The van der Waals surface area contributed by atoms with E-state index in [2.05, 4.69) is 74.7 Å². The lowest BCUT2D eigenvalue weighted by molar-refractivity contribution is -0.870. The summed E-state index contributed by atoms with van der Waals surface area (Å²) in [6.07, 6.45) is 79.4. The van der Waals surface area contributed by atoms with Gasteiger partial charge in [0.25, 0.3) is 0 Å². The first-order valence-corrected chi connectivity index (χ1v) is 36.6. The van der Waals surface area contributed by atoms with Crippen LogP contribution in [0.15, 0.2) is 60.8 Å². The number of quaternary nitrogens is 1. The molecular formula is C72H136N2O7P+. The van der Waals surface area contributed by atoms with Crippen LogP contribution in [0.1, 0.15) is 335 Å². The number of hydrogen-bond acceptors (Lipinski definition) is 6. The standard InChI is InChI=1S/C72H135N2O7P/c1-7-10-13-16-19-22-25-28-30-32-34-36-37-39-40-42-44-46-49-52-55-58-61-64-71(75)73-69(68-80-82(77,78)79-67-66-74(4,5)6)70(63-60-57-54-51-48-27-24-21-18-15-12-9-3)81-72(76)65-62-59-56-53-50-47-45-43-41-38-35-33-31-29-26-23-20-17-14-11-8-2/h20,23,29,31,35,38,43,45,60,63,69-70H,7-19,21-22,24-28,30,32-34,36-37,39-42,44,46-59,61-62,64-68H2,1-6H3,(H-,73,75,77,78)/p+1/b23-20-,31-29-,38-35-,45-43-,63-60+. The van der Waals surface area contributed by atoms with Crippen LogP contribution in [0.25, 0.3) is 0 Å². The van der Waals surface area contributed by atoms with Crippen molar-refractivity contribution in [3.05, 3.63) is 60.8 Å².